The number of amides is 2. The fourth-order valence-electron chi connectivity index (χ4n) is 4.19. The molecule has 1 atom stereocenters. The van der Waals surface area contributed by atoms with Gasteiger partial charge < -0.3 is 10.2 Å². The average molecular weight is 570 g/mol. The van der Waals surface area contributed by atoms with Gasteiger partial charge in [-0.05, 0) is 70.0 Å². The van der Waals surface area contributed by atoms with Crippen LogP contribution in [0.3, 0.4) is 0 Å². The molecule has 9 heteroatoms. The highest BCUT2D eigenvalue weighted by atomic mass is 35.5. The molecule has 0 aromatic heterocycles. The molecule has 1 N–H and O–H groups in total. The Morgan fingerprint density at radius 1 is 0.923 bits per heavy atom. The topological polar surface area (TPSA) is 86.8 Å². The highest BCUT2D eigenvalue weighted by molar-refractivity contribution is 7.92. The van der Waals surface area contributed by atoms with Crippen molar-refractivity contribution in [1.29, 1.82) is 0 Å². The Morgan fingerprint density at radius 3 is 2.05 bits per heavy atom. The van der Waals surface area contributed by atoms with Crippen LogP contribution in [-0.2, 0) is 26.2 Å². The predicted molar refractivity (Wildman–Crippen MR) is 156 cm³/mol. The lowest BCUT2D eigenvalue weighted by Crippen LogP contribution is -2.53. The van der Waals surface area contributed by atoms with Crippen molar-refractivity contribution in [2.45, 2.75) is 64.6 Å². The van der Waals surface area contributed by atoms with E-state index in [9.17, 15) is 18.0 Å². The Kier molecular flexibility index (Phi) is 10.2. The maximum Gasteiger partial charge on any atom is 0.264 e. The lowest BCUT2D eigenvalue weighted by Gasteiger charge is -2.33. The lowest BCUT2D eigenvalue weighted by atomic mass is 10.1. The smallest absolute Gasteiger partial charge is 0.264 e. The molecule has 0 radical (unpaired) electrons. The van der Waals surface area contributed by atoms with Crippen LogP contribution in [0.4, 0.5) is 5.69 Å². The molecule has 3 aromatic carbocycles. The zero-order valence-corrected chi connectivity index (χ0v) is 24.6. The second kappa shape index (κ2) is 13.1. The van der Waals surface area contributed by atoms with Gasteiger partial charge in [-0.25, -0.2) is 8.42 Å². The fraction of sp³-hybridized carbons (Fsp3) is 0.333. The van der Waals surface area contributed by atoms with Gasteiger partial charge in [0.2, 0.25) is 11.8 Å². The van der Waals surface area contributed by atoms with Crippen LogP contribution < -0.4 is 9.62 Å². The molecule has 1 unspecified atom stereocenters. The number of nitrogens with one attached hydrogen (secondary N) is 1. The summed E-state index contributed by atoms with van der Waals surface area (Å²) in [6.07, 6.45) is 0.359. The van der Waals surface area contributed by atoms with E-state index in [2.05, 4.69) is 5.32 Å². The van der Waals surface area contributed by atoms with Crippen LogP contribution in [0.2, 0.25) is 5.02 Å². The number of anilines is 1. The van der Waals surface area contributed by atoms with E-state index in [1.54, 1.807) is 30.3 Å². The predicted octanol–water partition coefficient (Wildman–Crippen LogP) is 5.48. The van der Waals surface area contributed by atoms with E-state index in [0.29, 0.717) is 11.4 Å². The molecule has 0 saturated carbocycles. The zero-order chi connectivity index (χ0) is 28.7. The molecule has 0 spiro atoms. The van der Waals surface area contributed by atoms with Crippen LogP contribution in [0, 0.1) is 13.8 Å². The second-order valence-corrected chi connectivity index (χ2v) is 12.2. The average Bonchev–Trinajstić information content (AvgIpc) is 2.88. The number of rotatable bonds is 11. The fourth-order valence-corrected chi connectivity index (χ4v) is 5.78. The molecule has 0 fully saturated rings. The summed E-state index contributed by atoms with van der Waals surface area (Å²) in [4.78, 5) is 28.7. The van der Waals surface area contributed by atoms with Crippen LogP contribution >= 0.6 is 11.6 Å². The number of aryl methyl sites for hydroxylation is 2. The number of benzene rings is 3. The Balaban J connectivity index is 2.06. The van der Waals surface area contributed by atoms with Gasteiger partial charge in [-0.2, -0.15) is 0 Å². The number of nitrogens with zero attached hydrogens (tertiary/aromatic N) is 2. The molecule has 3 rings (SSSR count). The van der Waals surface area contributed by atoms with Gasteiger partial charge in [0.1, 0.15) is 12.6 Å². The van der Waals surface area contributed by atoms with Crippen molar-refractivity contribution in [3.05, 3.63) is 94.5 Å². The van der Waals surface area contributed by atoms with E-state index in [0.717, 1.165) is 21.0 Å². The maximum atomic E-state index is 14.0. The molecule has 0 bridgehead atoms. The summed E-state index contributed by atoms with van der Waals surface area (Å²) in [5.74, 6) is -0.791. The second-order valence-electron chi connectivity index (χ2n) is 9.90. The van der Waals surface area contributed by atoms with E-state index < -0.39 is 28.5 Å². The number of carbonyl (C=O) groups is 2. The third-order valence-corrected chi connectivity index (χ3v) is 8.30. The first-order valence-electron chi connectivity index (χ1n) is 12.9. The third kappa shape index (κ3) is 7.83. The summed E-state index contributed by atoms with van der Waals surface area (Å²) in [5.41, 5.74) is 3.06. The Hall–Kier alpha value is -3.36. The highest BCUT2D eigenvalue weighted by Gasteiger charge is 2.33. The normalized spacial score (nSPS) is 12.2. The first-order valence-corrected chi connectivity index (χ1v) is 14.7. The standard InChI is InChI=1S/C30H36ClN3O4S/c1-6-28(30(36)32-21(2)3)33(19-24-14-10-22(4)11-15-24)29(35)20-34(26-9-7-8-25(31)18-26)39(37,38)27-16-12-23(5)13-17-27/h7-18,21,28H,6,19-20H2,1-5H3,(H,32,36). The highest BCUT2D eigenvalue weighted by Crippen LogP contribution is 2.27. The van der Waals surface area contributed by atoms with E-state index in [1.165, 1.54) is 23.1 Å². The SMILES string of the molecule is CCC(C(=O)NC(C)C)N(Cc1ccc(C)cc1)C(=O)CN(c1cccc(Cl)c1)S(=O)(=O)c1ccc(C)cc1. The number of carbonyl (C=O) groups excluding carboxylic acids is 2. The molecule has 0 saturated heterocycles. The van der Waals surface area contributed by atoms with Crippen molar-refractivity contribution < 1.29 is 18.0 Å². The molecular weight excluding hydrogens is 534 g/mol. The summed E-state index contributed by atoms with van der Waals surface area (Å²) < 4.78 is 28.8. The van der Waals surface area contributed by atoms with Gasteiger partial charge in [-0.15, -0.1) is 0 Å². The van der Waals surface area contributed by atoms with Gasteiger partial charge in [-0.3, -0.25) is 13.9 Å². The Bertz CT molecular complexity index is 1390. The lowest BCUT2D eigenvalue weighted by molar-refractivity contribution is -0.140. The first kappa shape index (κ1) is 30.2. The van der Waals surface area contributed by atoms with Gasteiger partial charge in [0, 0.05) is 17.6 Å². The molecular formula is C30H36ClN3O4S. The Labute approximate surface area is 236 Å². The van der Waals surface area contributed by atoms with Gasteiger partial charge in [0.05, 0.1) is 10.6 Å². The van der Waals surface area contributed by atoms with E-state index in [4.69, 9.17) is 11.6 Å². The Morgan fingerprint density at radius 2 is 1.51 bits per heavy atom. The van der Waals surface area contributed by atoms with Crippen LogP contribution in [0.5, 0.6) is 0 Å². The molecule has 0 aliphatic heterocycles. The van der Waals surface area contributed by atoms with Crippen molar-refractivity contribution in [2.24, 2.45) is 0 Å². The molecule has 0 aliphatic carbocycles. The summed E-state index contributed by atoms with van der Waals surface area (Å²) >= 11 is 6.22. The van der Waals surface area contributed by atoms with Crippen LogP contribution in [-0.4, -0.2) is 43.8 Å². The van der Waals surface area contributed by atoms with Gasteiger partial charge >= 0.3 is 0 Å². The van der Waals surface area contributed by atoms with Crippen molar-refractivity contribution in [2.75, 3.05) is 10.8 Å². The summed E-state index contributed by atoms with van der Waals surface area (Å²) in [6, 6.07) is 19.6. The summed E-state index contributed by atoms with van der Waals surface area (Å²) in [7, 11) is -4.14. The first-order chi connectivity index (χ1) is 18.4. The third-order valence-electron chi connectivity index (χ3n) is 6.27. The molecule has 0 aliphatic rings. The summed E-state index contributed by atoms with van der Waals surface area (Å²) in [5, 5.41) is 3.23. The largest absolute Gasteiger partial charge is 0.352 e. The molecule has 3 aromatic rings. The number of sulfonamides is 1. The van der Waals surface area contributed by atoms with Crippen molar-refractivity contribution in [3.63, 3.8) is 0 Å². The van der Waals surface area contributed by atoms with Crippen molar-refractivity contribution in [1.82, 2.24) is 10.2 Å². The van der Waals surface area contributed by atoms with Crippen molar-refractivity contribution >= 4 is 39.1 Å². The number of hydrogen-bond donors (Lipinski definition) is 1. The zero-order valence-electron chi connectivity index (χ0n) is 23.0. The molecule has 39 heavy (non-hydrogen) atoms. The minimum atomic E-state index is -4.14. The minimum Gasteiger partial charge on any atom is -0.352 e. The number of hydrogen-bond acceptors (Lipinski definition) is 4. The van der Waals surface area contributed by atoms with E-state index in [-0.39, 0.29) is 29.1 Å². The number of halogens is 1. The quantitative estimate of drug-likeness (QED) is 0.331. The van der Waals surface area contributed by atoms with Gasteiger partial charge in [0.25, 0.3) is 10.0 Å². The minimum absolute atomic E-state index is 0.0514. The molecule has 7 nitrogen and oxygen atoms in total. The maximum absolute atomic E-state index is 14.0. The van der Waals surface area contributed by atoms with Crippen LogP contribution in [0.25, 0.3) is 0 Å². The van der Waals surface area contributed by atoms with Crippen molar-refractivity contribution in [3.8, 4) is 0 Å². The van der Waals surface area contributed by atoms with E-state index in [1.807, 2.05) is 58.9 Å². The molecule has 0 heterocycles. The summed E-state index contributed by atoms with van der Waals surface area (Å²) in [6.45, 7) is 9.02. The van der Waals surface area contributed by atoms with Crippen LogP contribution in [0.15, 0.2) is 77.7 Å². The van der Waals surface area contributed by atoms with E-state index >= 15 is 0 Å². The molecule has 2 amide bonds. The van der Waals surface area contributed by atoms with Gasteiger partial charge in [0.15, 0.2) is 0 Å². The van der Waals surface area contributed by atoms with Crippen LogP contribution in [0.1, 0.15) is 43.9 Å². The van der Waals surface area contributed by atoms with Gasteiger partial charge in [-0.1, -0.05) is 72.1 Å². The monoisotopic (exact) mass is 569 g/mol. The molecule has 208 valence electrons.